The monoisotopic (exact) mass is 405 g/mol. The summed E-state index contributed by atoms with van der Waals surface area (Å²) in [4.78, 5) is 15.5. The standard InChI is InChI=1S/C23H27N5O2/c1-6-27(19-9-14(2)17(5)15(3)10-19)23-25-12-16(4)22(26-30-23)28(23)18-7-8-21-20(11-18)24-13-29-21/h7-12,24,26H,6,13H2,1-5H3. The van der Waals surface area contributed by atoms with Crippen molar-refractivity contribution in [1.29, 1.82) is 0 Å². The Morgan fingerprint density at radius 3 is 2.63 bits per heavy atom. The second-order valence-electron chi connectivity index (χ2n) is 8.00. The van der Waals surface area contributed by atoms with Crippen LogP contribution in [-0.2, 0) is 4.84 Å². The number of ether oxygens (including phenoxy) is 1. The molecule has 30 heavy (non-hydrogen) atoms. The molecule has 0 aliphatic carbocycles. The van der Waals surface area contributed by atoms with E-state index in [4.69, 9.17) is 14.6 Å². The Hall–Kier alpha value is -3.19. The van der Waals surface area contributed by atoms with E-state index in [0.717, 1.165) is 40.8 Å². The molecule has 2 bridgehead atoms. The van der Waals surface area contributed by atoms with Gasteiger partial charge in [-0.15, -0.1) is 0 Å². The lowest BCUT2D eigenvalue weighted by Crippen LogP contribution is -2.59. The van der Waals surface area contributed by atoms with Crippen LogP contribution in [0.5, 0.6) is 5.75 Å². The molecule has 2 N–H and O–H groups in total. The zero-order chi connectivity index (χ0) is 21.0. The van der Waals surface area contributed by atoms with Gasteiger partial charge in [-0.1, -0.05) is 0 Å². The molecule has 7 heteroatoms. The third kappa shape index (κ3) is 2.58. The number of allylic oxidation sites excluding steroid dienone is 1. The molecular weight excluding hydrogens is 378 g/mol. The Bertz CT molecular complexity index is 1070. The average molecular weight is 406 g/mol. The maximum absolute atomic E-state index is 6.23. The van der Waals surface area contributed by atoms with E-state index in [1.165, 1.54) is 16.7 Å². The molecule has 5 rings (SSSR count). The van der Waals surface area contributed by atoms with Crippen LogP contribution in [0.2, 0.25) is 0 Å². The van der Waals surface area contributed by atoms with Gasteiger partial charge >= 0.3 is 5.97 Å². The molecule has 156 valence electrons. The highest BCUT2D eigenvalue weighted by Crippen LogP contribution is 2.44. The van der Waals surface area contributed by atoms with Crippen molar-refractivity contribution in [2.75, 3.05) is 28.4 Å². The van der Waals surface area contributed by atoms with E-state index in [2.05, 4.69) is 66.5 Å². The van der Waals surface area contributed by atoms with Crippen molar-refractivity contribution in [3.05, 3.63) is 58.4 Å². The van der Waals surface area contributed by atoms with E-state index in [-0.39, 0.29) is 0 Å². The number of fused-ring (bicyclic) bond motifs is 3. The first-order valence-electron chi connectivity index (χ1n) is 10.3. The van der Waals surface area contributed by atoms with Gasteiger partial charge in [-0.2, -0.15) is 0 Å². The predicted molar refractivity (Wildman–Crippen MR) is 120 cm³/mol. The van der Waals surface area contributed by atoms with Gasteiger partial charge in [0, 0.05) is 24.0 Å². The summed E-state index contributed by atoms with van der Waals surface area (Å²) >= 11 is 0. The quantitative estimate of drug-likeness (QED) is 0.796. The smallest absolute Gasteiger partial charge is 0.354 e. The highest BCUT2D eigenvalue weighted by atomic mass is 16.7. The number of anilines is 3. The van der Waals surface area contributed by atoms with Crippen LogP contribution in [-0.4, -0.2) is 25.5 Å². The number of hydrogen-bond donors (Lipinski definition) is 2. The normalized spacial score (nSPS) is 21.3. The molecule has 1 atom stereocenters. The molecule has 1 saturated heterocycles. The summed E-state index contributed by atoms with van der Waals surface area (Å²) < 4.78 is 5.60. The van der Waals surface area contributed by atoms with Gasteiger partial charge in [-0.3, -0.25) is 4.90 Å². The summed E-state index contributed by atoms with van der Waals surface area (Å²) in [6, 6.07) is 10.5. The molecule has 1 unspecified atom stereocenters. The van der Waals surface area contributed by atoms with Gasteiger partial charge in [0.25, 0.3) is 0 Å². The van der Waals surface area contributed by atoms with E-state index in [0.29, 0.717) is 6.73 Å². The molecule has 0 radical (unpaired) electrons. The Morgan fingerprint density at radius 2 is 1.90 bits per heavy atom. The van der Waals surface area contributed by atoms with Crippen LogP contribution in [0.3, 0.4) is 0 Å². The van der Waals surface area contributed by atoms with Crippen LogP contribution >= 0.6 is 0 Å². The number of aryl methyl sites for hydroxylation is 2. The number of benzene rings is 2. The number of hydroxylamine groups is 1. The fourth-order valence-corrected chi connectivity index (χ4v) is 4.32. The minimum atomic E-state index is -1.05. The van der Waals surface area contributed by atoms with E-state index in [9.17, 15) is 0 Å². The summed E-state index contributed by atoms with van der Waals surface area (Å²) in [5.41, 5.74) is 11.0. The second-order valence-corrected chi connectivity index (χ2v) is 8.00. The van der Waals surface area contributed by atoms with Crippen molar-refractivity contribution in [1.82, 2.24) is 5.48 Å². The lowest BCUT2D eigenvalue weighted by Gasteiger charge is -2.43. The molecule has 1 fully saturated rings. The first-order chi connectivity index (χ1) is 14.4. The highest BCUT2D eigenvalue weighted by Gasteiger charge is 2.53. The van der Waals surface area contributed by atoms with E-state index in [1.54, 1.807) is 0 Å². The summed E-state index contributed by atoms with van der Waals surface area (Å²) in [7, 11) is 0. The molecule has 3 heterocycles. The third-order valence-electron chi connectivity index (χ3n) is 6.20. The Kier molecular flexibility index (Phi) is 4.18. The summed E-state index contributed by atoms with van der Waals surface area (Å²) in [5, 5.41) is 3.27. The fraction of sp³-hybridized carbons (Fsp3) is 0.348. The predicted octanol–water partition coefficient (Wildman–Crippen LogP) is 4.17. The van der Waals surface area contributed by atoms with Crippen LogP contribution in [0.1, 0.15) is 30.5 Å². The lowest BCUT2D eigenvalue weighted by molar-refractivity contribution is -0.0428. The molecule has 0 saturated carbocycles. The minimum Gasteiger partial charge on any atom is -0.471 e. The van der Waals surface area contributed by atoms with Crippen molar-refractivity contribution in [2.24, 2.45) is 4.99 Å². The van der Waals surface area contributed by atoms with Gasteiger partial charge in [0.05, 0.1) is 11.4 Å². The van der Waals surface area contributed by atoms with Crippen LogP contribution in [0.15, 0.2) is 46.7 Å². The maximum atomic E-state index is 6.23. The molecule has 2 aromatic rings. The summed E-state index contributed by atoms with van der Waals surface area (Å²) in [5.74, 6) is 0.700. The van der Waals surface area contributed by atoms with Crippen molar-refractivity contribution in [3.63, 3.8) is 0 Å². The second kappa shape index (κ2) is 6.67. The molecule has 0 amide bonds. The van der Waals surface area contributed by atoms with Crippen molar-refractivity contribution in [3.8, 4) is 5.75 Å². The van der Waals surface area contributed by atoms with Gasteiger partial charge in [0.1, 0.15) is 11.6 Å². The Morgan fingerprint density at radius 1 is 1.13 bits per heavy atom. The van der Waals surface area contributed by atoms with Crippen LogP contribution in [0.25, 0.3) is 0 Å². The van der Waals surface area contributed by atoms with Crippen molar-refractivity contribution >= 4 is 23.3 Å². The molecule has 7 nitrogen and oxygen atoms in total. The maximum Gasteiger partial charge on any atom is 0.354 e. The van der Waals surface area contributed by atoms with Gasteiger partial charge in [-0.25, -0.2) is 15.3 Å². The third-order valence-corrected chi connectivity index (χ3v) is 6.20. The van der Waals surface area contributed by atoms with Crippen LogP contribution < -0.4 is 25.3 Å². The van der Waals surface area contributed by atoms with Crippen LogP contribution in [0.4, 0.5) is 17.1 Å². The zero-order valence-electron chi connectivity index (χ0n) is 18.0. The number of nitrogens with zero attached hydrogens (tertiary/aromatic N) is 3. The number of hydrogen-bond acceptors (Lipinski definition) is 7. The summed E-state index contributed by atoms with van der Waals surface area (Å²) in [6.45, 7) is 11.8. The minimum absolute atomic E-state index is 0.488. The van der Waals surface area contributed by atoms with Gasteiger partial charge in [0.2, 0.25) is 0 Å². The topological polar surface area (TPSA) is 61.4 Å². The highest BCUT2D eigenvalue weighted by molar-refractivity contribution is 5.85. The molecule has 3 aliphatic rings. The van der Waals surface area contributed by atoms with Gasteiger partial charge in [0.15, 0.2) is 6.73 Å². The van der Waals surface area contributed by atoms with Gasteiger partial charge in [-0.05, 0) is 81.6 Å². The SMILES string of the molecule is CCN(c1cc(C)c(C)c(C)c1)C12N=CC(C)=C(NO1)N2c1ccc2c(c1)NCO2. The molecule has 0 spiro atoms. The largest absolute Gasteiger partial charge is 0.471 e. The molecular formula is C23H27N5O2. The molecule has 0 aromatic heterocycles. The average Bonchev–Trinajstić information content (AvgIpc) is 3.31. The fourth-order valence-electron chi connectivity index (χ4n) is 4.32. The van der Waals surface area contributed by atoms with Crippen molar-refractivity contribution in [2.45, 2.75) is 40.6 Å². The molecule has 3 aliphatic heterocycles. The van der Waals surface area contributed by atoms with Gasteiger partial charge < -0.3 is 15.0 Å². The Labute approximate surface area is 176 Å². The first-order valence-corrected chi connectivity index (χ1v) is 10.3. The van der Waals surface area contributed by atoms with E-state index < -0.39 is 5.97 Å². The lowest BCUT2D eigenvalue weighted by atomic mass is 10.0. The number of aliphatic imine (C=N–C) groups is 1. The van der Waals surface area contributed by atoms with Crippen molar-refractivity contribution < 1.29 is 9.57 Å². The zero-order valence-corrected chi connectivity index (χ0v) is 18.0. The van der Waals surface area contributed by atoms with E-state index >= 15 is 0 Å². The van der Waals surface area contributed by atoms with Crippen LogP contribution in [0, 0.1) is 20.8 Å². The number of nitrogens with one attached hydrogen (secondary N) is 2. The Balaban J connectivity index is 1.66. The number of rotatable bonds is 4. The molecule has 2 aromatic carbocycles. The summed E-state index contributed by atoms with van der Waals surface area (Å²) in [6.07, 6.45) is 1.89. The van der Waals surface area contributed by atoms with E-state index in [1.807, 2.05) is 25.3 Å². The first kappa shape index (κ1) is 18.8.